The molecule has 0 spiro atoms. The third kappa shape index (κ3) is 3.61. The number of alkyl halides is 1. The smallest absolute Gasteiger partial charge is 0.257 e. The molecule has 0 atom stereocenters. The Morgan fingerprint density at radius 2 is 1.89 bits per heavy atom. The maximum atomic E-state index is 15.3. The molecular formula is C23H25FN2O2. The van der Waals surface area contributed by atoms with Crippen LogP contribution in [0.4, 0.5) is 4.39 Å². The van der Waals surface area contributed by atoms with Crippen LogP contribution in [0.15, 0.2) is 48.7 Å². The Labute approximate surface area is 164 Å². The molecule has 0 bridgehead atoms. The number of carbonyl (C=O) groups excluding carboxylic acids is 1. The molecule has 1 amide bonds. The molecule has 5 heteroatoms. The Morgan fingerprint density at radius 3 is 2.57 bits per heavy atom. The molecule has 4 nitrogen and oxygen atoms in total. The lowest BCUT2D eigenvalue weighted by Crippen LogP contribution is -2.45. The number of benzene rings is 2. The largest absolute Gasteiger partial charge is 0.496 e. The van der Waals surface area contributed by atoms with Crippen LogP contribution in [-0.4, -0.2) is 41.7 Å². The minimum atomic E-state index is -1.26. The molecule has 0 unspecified atom stereocenters. The molecule has 1 aromatic heterocycles. The molecule has 0 aliphatic carbocycles. The van der Waals surface area contributed by atoms with Crippen molar-refractivity contribution in [2.75, 3.05) is 20.2 Å². The highest BCUT2D eigenvalue weighted by Gasteiger charge is 2.36. The standard InChI is InChI=1S/C23H25FN2O2/c1-16-3-5-17(6-4-16)15-23(24)8-11-26(12-9-23)22(27)19-13-18-7-10-25-20(18)14-21(19)28-2/h3-7,10,13-14,25H,8-9,11-12,15H2,1-2H3. The fraction of sp³-hybridized carbons (Fsp3) is 0.348. The number of aromatic nitrogens is 1. The number of halogens is 1. The number of hydrogen-bond donors (Lipinski definition) is 1. The van der Waals surface area contributed by atoms with Crippen LogP contribution in [0.3, 0.4) is 0 Å². The lowest BCUT2D eigenvalue weighted by molar-refractivity contribution is 0.0435. The van der Waals surface area contributed by atoms with Crippen molar-refractivity contribution in [2.24, 2.45) is 0 Å². The molecule has 146 valence electrons. The number of H-pyrrole nitrogens is 1. The third-order valence-corrected chi connectivity index (χ3v) is 5.69. The second kappa shape index (κ2) is 7.30. The number of rotatable bonds is 4. The minimum absolute atomic E-state index is 0.0997. The monoisotopic (exact) mass is 380 g/mol. The average Bonchev–Trinajstić information content (AvgIpc) is 3.16. The van der Waals surface area contributed by atoms with Crippen LogP contribution in [-0.2, 0) is 6.42 Å². The van der Waals surface area contributed by atoms with Gasteiger partial charge in [0.1, 0.15) is 11.4 Å². The van der Waals surface area contributed by atoms with Gasteiger partial charge in [-0.25, -0.2) is 4.39 Å². The van der Waals surface area contributed by atoms with Gasteiger partial charge in [0.2, 0.25) is 0 Å². The van der Waals surface area contributed by atoms with E-state index < -0.39 is 5.67 Å². The van der Waals surface area contributed by atoms with Gasteiger partial charge in [0.25, 0.3) is 5.91 Å². The lowest BCUT2D eigenvalue weighted by atomic mass is 9.86. The van der Waals surface area contributed by atoms with E-state index in [1.54, 1.807) is 12.0 Å². The van der Waals surface area contributed by atoms with Crippen LogP contribution in [0, 0.1) is 6.92 Å². The molecular weight excluding hydrogens is 355 g/mol. The Bertz CT molecular complexity index is 986. The maximum absolute atomic E-state index is 15.3. The van der Waals surface area contributed by atoms with E-state index in [0.717, 1.165) is 16.5 Å². The molecule has 1 saturated heterocycles. The predicted octanol–water partition coefficient (Wildman–Crippen LogP) is 4.67. The number of fused-ring (bicyclic) bond motifs is 1. The van der Waals surface area contributed by atoms with Crippen LogP contribution >= 0.6 is 0 Å². The third-order valence-electron chi connectivity index (χ3n) is 5.69. The van der Waals surface area contributed by atoms with E-state index in [0.29, 0.717) is 43.7 Å². The first-order chi connectivity index (χ1) is 13.5. The minimum Gasteiger partial charge on any atom is -0.496 e. The molecule has 1 fully saturated rings. The van der Waals surface area contributed by atoms with Gasteiger partial charge >= 0.3 is 0 Å². The number of methoxy groups -OCH3 is 1. The molecule has 4 rings (SSSR count). The summed E-state index contributed by atoms with van der Waals surface area (Å²) in [5.41, 5.74) is 2.37. The van der Waals surface area contributed by atoms with Gasteiger partial charge in [0, 0.05) is 42.7 Å². The van der Waals surface area contributed by atoms with Crippen molar-refractivity contribution in [3.05, 3.63) is 65.4 Å². The molecule has 0 radical (unpaired) electrons. The average molecular weight is 380 g/mol. The predicted molar refractivity (Wildman–Crippen MR) is 109 cm³/mol. The summed E-state index contributed by atoms with van der Waals surface area (Å²) >= 11 is 0. The van der Waals surface area contributed by atoms with Gasteiger partial charge in [-0.15, -0.1) is 0 Å². The van der Waals surface area contributed by atoms with Crippen LogP contribution < -0.4 is 4.74 Å². The van der Waals surface area contributed by atoms with Crippen LogP contribution in [0.5, 0.6) is 5.75 Å². The summed E-state index contributed by atoms with van der Waals surface area (Å²) in [4.78, 5) is 17.9. The number of aromatic amines is 1. The SMILES string of the molecule is COc1cc2[nH]ccc2cc1C(=O)N1CCC(F)(Cc2ccc(C)cc2)CC1. The van der Waals surface area contributed by atoms with E-state index in [-0.39, 0.29) is 5.91 Å². The number of aryl methyl sites for hydroxylation is 1. The highest BCUT2D eigenvalue weighted by molar-refractivity contribution is 6.01. The Balaban J connectivity index is 1.47. The molecule has 1 aliphatic rings. The summed E-state index contributed by atoms with van der Waals surface area (Å²) in [5.74, 6) is 0.439. The van der Waals surface area contributed by atoms with Gasteiger partial charge in [-0.2, -0.15) is 0 Å². The fourth-order valence-corrected chi connectivity index (χ4v) is 3.95. The topological polar surface area (TPSA) is 45.3 Å². The first-order valence-corrected chi connectivity index (χ1v) is 9.66. The summed E-state index contributed by atoms with van der Waals surface area (Å²) < 4.78 is 20.8. The summed E-state index contributed by atoms with van der Waals surface area (Å²) in [6, 6.07) is 13.6. The van der Waals surface area contributed by atoms with Gasteiger partial charge in [0.15, 0.2) is 0 Å². The Morgan fingerprint density at radius 1 is 1.18 bits per heavy atom. The van der Waals surface area contributed by atoms with Crippen LogP contribution in [0.25, 0.3) is 10.9 Å². The van der Waals surface area contributed by atoms with Crippen LogP contribution in [0.1, 0.15) is 34.3 Å². The fourth-order valence-electron chi connectivity index (χ4n) is 3.95. The summed E-state index contributed by atoms with van der Waals surface area (Å²) in [7, 11) is 1.56. The van der Waals surface area contributed by atoms with Gasteiger partial charge in [0.05, 0.1) is 12.7 Å². The molecule has 3 aromatic rings. The normalized spacial score (nSPS) is 16.3. The van der Waals surface area contributed by atoms with Gasteiger partial charge < -0.3 is 14.6 Å². The van der Waals surface area contributed by atoms with Crippen molar-refractivity contribution >= 4 is 16.8 Å². The number of carbonyl (C=O) groups is 1. The molecule has 1 N–H and O–H groups in total. The van der Waals surface area contributed by atoms with Crippen molar-refractivity contribution in [3.63, 3.8) is 0 Å². The highest BCUT2D eigenvalue weighted by Crippen LogP contribution is 2.33. The van der Waals surface area contributed by atoms with E-state index in [1.165, 1.54) is 5.56 Å². The first-order valence-electron chi connectivity index (χ1n) is 9.66. The number of nitrogens with one attached hydrogen (secondary N) is 1. The van der Waals surface area contributed by atoms with Gasteiger partial charge in [-0.05, 0) is 37.5 Å². The summed E-state index contributed by atoms with van der Waals surface area (Å²) in [6.07, 6.45) is 2.93. The number of likely N-dealkylation sites (tertiary alicyclic amines) is 1. The Hall–Kier alpha value is -2.82. The first kappa shape index (κ1) is 18.5. The van der Waals surface area contributed by atoms with Crippen molar-refractivity contribution in [3.8, 4) is 5.75 Å². The zero-order valence-corrected chi connectivity index (χ0v) is 16.3. The molecule has 1 aliphatic heterocycles. The summed E-state index contributed by atoms with van der Waals surface area (Å²) in [6.45, 7) is 2.85. The number of nitrogens with zero attached hydrogens (tertiary/aromatic N) is 1. The lowest BCUT2D eigenvalue weighted by Gasteiger charge is -2.36. The zero-order chi connectivity index (χ0) is 19.7. The molecule has 2 aromatic carbocycles. The van der Waals surface area contributed by atoms with E-state index in [2.05, 4.69) is 4.98 Å². The summed E-state index contributed by atoms with van der Waals surface area (Å²) in [5, 5.41) is 0.959. The second-order valence-corrected chi connectivity index (χ2v) is 7.72. The quantitative estimate of drug-likeness (QED) is 0.715. The van der Waals surface area contributed by atoms with E-state index in [9.17, 15) is 4.79 Å². The molecule has 0 saturated carbocycles. The number of ether oxygens (including phenoxy) is 1. The molecule has 28 heavy (non-hydrogen) atoms. The van der Waals surface area contributed by atoms with Crippen molar-refractivity contribution < 1.29 is 13.9 Å². The van der Waals surface area contributed by atoms with Gasteiger partial charge in [-0.3, -0.25) is 4.79 Å². The Kier molecular flexibility index (Phi) is 4.84. The van der Waals surface area contributed by atoms with E-state index in [4.69, 9.17) is 4.74 Å². The van der Waals surface area contributed by atoms with Crippen molar-refractivity contribution in [2.45, 2.75) is 31.9 Å². The van der Waals surface area contributed by atoms with Crippen molar-refractivity contribution in [1.29, 1.82) is 0 Å². The van der Waals surface area contributed by atoms with Gasteiger partial charge in [-0.1, -0.05) is 29.8 Å². The number of piperidine rings is 1. The number of hydrogen-bond acceptors (Lipinski definition) is 2. The van der Waals surface area contributed by atoms with E-state index in [1.807, 2.05) is 55.6 Å². The highest BCUT2D eigenvalue weighted by atomic mass is 19.1. The maximum Gasteiger partial charge on any atom is 0.257 e. The van der Waals surface area contributed by atoms with E-state index >= 15 is 4.39 Å². The second-order valence-electron chi connectivity index (χ2n) is 7.72. The number of amides is 1. The zero-order valence-electron chi connectivity index (χ0n) is 16.3. The molecule has 2 heterocycles. The van der Waals surface area contributed by atoms with Crippen molar-refractivity contribution in [1.82, 2.24) is 9.88 Å². The van der Waals surface area contributed by atoms with Crippen LogP contribution in [0.2, 0.25) is 0 Å².